The average Bonchev–Trinajstić information content (AvgIpc) is 4.01. The van der Waals surface area contributed by atoms with Crippen LogP contribution in [0.1, 0.15) is 48.4 Å². The molecular formula is C52H46BBrCl2N10O4S2. The molecule has 0 aliphatic rings. The predicted octanol–water partition coefficient (Wildman–Crippen LogP) is 10.9. The maximum absolute atomic E-state index is 13.7. The van der Waals surface area contributed by atoms with Crippen LogP contribution < -0.4 is 38.0 Å². The fourth-order valence-corrected chi connectivity index (χ4v) is 10.4. The number of nitrogen functional groups attached to an aromatic ring is 2. The highest BCUT2D eigenvalue weighted by Crippen LogP contribution is 2.35. The van der Waals surface area contributed by atoms with Crippen molar-refractivity contribution in [3.63, 3.8) is 0 Å². The summed E-state index contributed by atoms with van der Waals surface area (Å²) in [4.78, 5) is 45.0. The molecule has 0 radical (unpaired) electrons. The van der Waals surface area contributed by atoms with Crippen LogP contribution in [-0.4, -0.2) is 46.2 Å². The Balaban J connectivity index is 0.000000166. The molecule has 4 aromatic carbocycles. The van der Waals surface area contributed by atoms with Gasteiger partial charge in [0.15, 0.2) is 0 Å². The van der Waals surface area contributed by atoms with Crippen molar-refractivity contribution in [2.24, 2.45) is 0 Å². The van der Waals surface area contributed by atoms with Crippen LogP contribution in [0.25, 0.3) is 43.4 Å². The molecule has 0 bridgehead atoms. The zero-order valence-corrected chi connectivity index (χ0v) is 43.8. The van der Waals surface area contributed by atoms with Gasteiger partial charge >= 0.3 is 7.12 Å². The Morgan fingerprint density at radius 2 is 1.11 bits per heavy atom. The van der Waals surface area contributed by atoms with Gasteiger partial charge in [-0.15, -0.1) is 11.3 Å². The number of aryl methyl sites for hydroxylation is 2. The van der Waals surface area contributed by atoms with Crippen molar-refractivity contribution in [1.82, 2.24) is 29.1 Å². The Kier molecular flexibility index (Phi) is 16.2. The zero-order chi connectivity index (χ0) is 51.2. The number of pyridine rings is 2. The van der Waals surface area contributed by atoms with E-state index in [1.165, 1.54) is 16.9 Å². The van der Waals surface area contributed by atoms with Crippen LogP contribution in [0.2, 0.25) is 10.0 Å². The van der Waals surface area contributed by atoms with Gasteiger partial charge in [0.1, 0.15) is 11.6 Å². The molecule has 6 heterocycles. The van der Waals surface area contributed by atoms with Crippen LogP contribution in [0.4, 0.5) is 23.5 Å². The normalized spacial score (nSPS) is 11.8. The van der Waals surface area contributed by atoms with E-state index in [9.17, 15) is 9.59 Å². The number of halogens is 3. The summed E-state index contributed by atoms with van der Waals surface area (Å²) in [6, 6.07) is 37.2. The maximum Gasteiger partial charge on any atom is 0.499 e. The zero-order valence-electron chi connectivity index (χ0n) is 39.1. The van der Waals surface area contributed by atoms with Crippen LogP contribution in [0.5, 0.6) is 0 Å². The number of anilines is 4. The summed E-state index contributed by atoms with van der Waals surface area (Å²) >= 11 is 19.2. The molecule has 8 N–H and O–H groups in total. The minimum absolute atomic E-state index is 0.161. The summed E-state index contributed by atoms with van der Waals surface area (Å²) < 4.78 is 4.65. The highest BCUT2D eigenvalue weighted by atomic mass is 79.9. The second-order valence-electron chi connectivity index (χ2n) is 16.5. The van der Waals surface area contributed by atoms with Crippen molar-refractivity contribution in [2.45, 2.75) is 39.8 Å². The number of rotatable bonds is 10. The predicted molar refractivity (Wildman–Crippen MR) is 301 cm³/mol. The first-order valence-electron chi connectivity index (χ1n) is 22.3. The summed E-state index contributed by atoms with van der Waals surface area (Å²) in [5.41, 5.74) is 17.5. The quantitative estimate of drug-likeness (QED) is 0.0706. The van der Waals surface area contributed by atoms with Gasteiger partial charge in [0, 0.05) is 44.8 Å². The molecule has 0 saturated carbocycles. The number of aromatic nitrogens is 6. The van der Waals surface area contributed by atoms with Gasteiger partial charge in [-0.05, 0) is 137 Å². The number of nitrogens with two attached hydrogens (primary N) is 2. The molecular weight excluding hydrogens is 1050 g/mol. The minimum Gasteiger partial charge on any atom is -0.423 e. The molecule has 20 heteroatoms. The molecule has 10 aromatic rings. The Morgan fingerprint density at radius 3 is 1.57 bits per heavy atom. The first kappa shape index (κ1) is 51.5. The smallest absolute Gasteiger partial charge is 0.423 e. The number of thiophene rings is 2. The molecule has 0 amide bonds. The van der Waals surface area contributed by atoms with Gasteiger partial charge in [-0.1, -0.05) is 83.9 Å². The summed E-state index contributed by atoms with van der Waals surface area (Å²) in [6.45, 7) is 7.91. The van der Waals surface area contributed by atoms with E-state index in [1.807, 2.05) is 130 Å². The summed E-state index contributed by atoms with van der Waals surface area (Å²) in [5, 5.41) is 31.4. The third-order valence-corrected chi connectivity index (χ3v) is 14.6. The van der Waals surface area contributed by atoms with Crippen LogP contribution in [0, 0.1) is 13.8 Å². The van der Waals surface area contributed by atoms with E-state index in [1.54, 1.807) is 51.1 Å². The van der Waals surface area contributed by atoms with Crippen molar-refractivity contribution in [1.29, 1.82) is 0 Å². The Bertz CT molecular complexity index is 3670. The molecule has 14 nitrogen and oxygen atoms in total. The Morgan fingerprint density at radius 1 is 0.639 bits per heavy atom. The Hall–Kier alpha value is -6.90. The van der Waals surface area contributed by atoms with Gasteiger partial charge in [0.05, 0.1) is 42.9 Å². The lowest BCUT2D eigenvalue weighted by atomic mass is 9.89. The molecule has 0 unspecified atom stereocenters. The molecule has 0 saturated heterocycles. The minimum atomic E-state index is -1.30. The van der Waals surface area contributed by atoms with E-state index in [0.717, 1.165) is 49.5 Å². The van der Waals surface area contributed by atoms with Gasteiger partial charge in [-0.2, -0.15) is 21.3 Å². The van der Waals surface area contributed by atoms with E-state index in [4.69, 9.17) is 44.7 Å². The second kappa shape index (κ2) is 22.7. The van der Waals surface area contributed by atoms with Crippen molar-refractivity contribution < 1.29 is 10.0 Å². The summed E-state index contributed by atoms with van der Waals surface area (Å²) in [7, 11) is -1.30. The van der Waals surface area contributed by atoms with Crippen molar-refractivity contribution in [2.75, 3.05) is 22.1 Å². The third-order valence-electron chi connectivity index (χ3n) is 11.2. The number of hydrogen-bond donors (Lipinski definition) is 6. The third kappa shape index (κ3) is 11.6. The van der Waals surface area contributed by atoms with Gasteiger partial charge in [0.2, 0.25) is 11.9 Å². The number of benzene rings is 4. The molecule has 0 aliphatic heterocycles. The largest absolute Gasteiger partial charge is 0.499 e. The number of nitrogens with zero attached hydrogens (tertiary/aromatic N) is 6. The fourth-order valence-electron chi connectivity index (χ4n) is 7.89. The summed E-state index contributed by atoms with van der Waals surface area (Å²) in [6.07, 6.45) is 3.31. The first-order valence-corrected chi connectivity index (χ1v) is 25.6. The molecule has 0 fully saturated rings. The monoisotopic (exact) mass is 1100 g/mol. The van der Waals surface area contributed by atoms with E-state index in [-0.39, 0.29) is 35.1 Å². The van der Waals surface area contributed by atoms with Crippen molar-refractivity contribution in [3.05, 3.63) is 202 Å². The first-order chi connectivity index (χ1) is 34.6. The van der Waals surface area contributed by atoms with Crippen LogP contribution in [0.3, 0.4) is 0 Å². The lowest BCUT2D eigenvalue weighted by Gasteiger charge is -2.22. The fraction of sp³-hybridized carbons (Fsp3) is 0.115. The number of nitrogens with one attached hydrogen (secondary N) is 2. The van der Waals surface area contributed by atoms with Crippen LogP contribution >= 0.6 is 61.8 Å². The van der Waals surface area contributed by atoms with Gasteiger partial charge < -0.3 is 32.1 Å². The number of fused-ring (bicyclic) bond motifs is 2. The topological polar surface area (TPSA) is 212 Å². The summed E-state index contributed by atoms with van der Waals surface area (Å²) in [5.74, 6) is 1.49. The molecule has 6 aromatic heterocycles. The molecule has 2 atom stereocenters. The van der Waals surface area contributed by atoms with Gasteiger partial charge in [-0.25, -0.2) is 9.97 Å². The molecule has 10 rings (SSSR count). The lowest BCUT2D eigenvalue weighted by Crippen LogP contribution is -2.26. The lowest BCUT2D eigenvalue weighted by molar-refractivity contribution is 0.427. The molecule has 0 aliphatic carbocycles. The van der Waals surface area contributed by atoms with Crippen LogP contribution in [-0.2, 0) is 0 Å². The van der Waals surface area contributed by atoms with Gasteiger partial charge in [-0.3, -0.25) is 18.7 Å². The van der Waals surface area contributed by atoms with Crippen LogP contribution in [0.15, 0.2) is 159 Å². The molecule has 72 heavy (non-hydrogen) atoms. The van der Waals surface area contributed by atoms with E-state index >= 15 is 0 Å². The maximum atomic E-state index is 13.7. The number of hydrogen-bond acceptors (Lipinski definition) is 14. The number of para-hydroxylation sites is 2. The standard InChI is InChI=1S/C26H22ClN5OS.C21H17BrClN5O.C5H7BO2S/c1-15-11-22(34-14-15)19-13-29-26(28)31-24(19)30-16(2)21-12-17-7-6-10-20(27)23(17)25(33)32(21)18-8-4-3-5-9-18;1-12(26-19-15(22)11-25-21(24)27-19)17-10-13-6-5-9-16(23)18(13)20(29)28(17)14-7-3-2-4-8-14;1-4-2-5(6(7)8)9-3-4/h3-14,16H,1-2H3,(H3,28,29,30,31);2-12H,1H3,(H3,24,25,26,27);2-3,7-8H,1H3/t16-;12-;/m00./s1. The average molecular weight is 1100 g/mol. The molecule has 364 valence electrons. The van der Waals surface area contributed by atoms with Gasteiger partial charge in [0.25, 0.3) is 11.1 Å². The highest BCUT2D eigenvalue weighted by molar-refractivity contribution is 9.10. The molecule has 0 spiro atoms. The highest BCUT2D eigenvalue weighted by Gasteiger charge is 2.22. The van der Waals surface area contributed by atoms with E-state index in [2.05, 4.69) is 57.9 Å². The Labute approximate surface area is 440 Å². The van der Waals surface area contributed by atoms with Crippen molar-refractivity contribution in [3.8, 4) is 21.8 Å². The van der Waals surface area contributed by atoms with E-state index in [0.29, 0.717) is 41.7 Å². The SMILES string of the molecule is C[C@H](Nc1nc(N)ncc1Br)c1cc2cccc(Cl)c2c(=O)n1-c1ccccc1.Cc1csc(-c2cnc(N)nc2N[C@@H](C)c2cc3cccc(Cl)c3c(=O)n2-c2ccccc2)c1.Cc1csc(B(O)O)c1. The van der Waals surface area contributed by atoms with E-state index < -0.39 is 7.12 Å². The second-order valence-corrected chi connectivity index (χ2v) is 20.1. The van der Waals surface area contributed by atoms with Crippen molar-refractivity contribution >= 4 is 119 Å².